The van der Waals surface area contributed by atoms with Crippen molar-refractivity contribution in [3.05, 3.63) is 58.6 Å². The fraction of sp³-hybridized carbons (Fsp3) is 0.200. The fourth-order valence-corrected chi connectivity index (χ4v) is 1.96. The summed E-state index contributed by atoms with van der Waals surface area (Å²) in [7, 11) is 0. The van der Waals surface area contributed by atoms with Crippen LogP contribution in [0.4, 0.5) is 0 Å². The van der Waals surface area contributed by atoms with Gasteiger partial charge >= 0.3 is 0 Å². The third kappa shape index (κ3) is 3.12. The van der Waals surface area contributed by atoms with Crippen LogP contribution in [0.5, 0.6) is 11.5 Å². The van der Waals surface area contributed by atoms with Crippen molar-refractivity contribution in [1.82, 2.24) is 0 Å². The summed E-state index contributed by atoms with van der Waals surface area (Å²) in [5, 5.41) is 9.94. The van der Waals surface area contributed by atoms with E-state index in [1.54, 1.807) is 0 Å². The molecule has 2 aromatic rings. The first-order valence-electron chi connectivity index (χ1n) is 5.91. The summed E-state index contributed by atoms with van der Waals surface area (Å²) in [6.45, 7) is 1.95. The lowest BCUT2D eigenvalue weighted by Crippen LogP contribution is -1.98. The van der Waals surface area contributed by atoms with E-state index in [9.17, 15) is 5.11 Å². The van der Waals surface area contributed by atoms with Crippen molar-refractivity contribution in [3.63, 3.8) is 0 Å². The summed E-state index contributed by atoms with van der Waals surface area (Å²) in [6.07, 6.45) is 0.178. The molecule has 2 rings (SSSR count). The van der Waals surface area contributed by atoms with Crippen molar-refractivity contribution >= 4 is 15.9 Å². The SMILES string of the molecule is CCC(O)c1ccccc1Oc1ccc(Br)cc1. The van der Waals surface area contributed by atoms with Crippen molar-refractivity contribution < 1.29 is 9.84 Å². The van der Waals surface area contributed by atoms with Gasteiger partial charge in [0.2, 0.25) is 0 Å². The van der Waals surface area contributed by atoms with E-state index in [0.29, 0.717) is 12.2 Å². The van der Waals surface area contributed by atoms with Gasteiger partial charge in [-0.3, -0.25) is 0 Å². The van der Waals surface area contributed by atoms with Crippen LogP contribution in [0.1, 0.15) is 25.0 Å². The molecule has 0 bridgehead atoms. The van der Waals surface area contributed by atoms with Crippen molar-refractivity contribution in [1.29, 1.82) is 0 Å². The lowest BCUT2D eigenvalue weighted by atomic mass is 10.1. The van der Waals surface area contributed by atoms with Gasteiger partial charge in [-0.1, -0.05) is 41.1 Å². The highest BCUT2D eigenvalue weighted by Gasteiger charge is 2.11. The molecule has 94 valence electrons. The van der Waals surface area contributed by atoms with Crippen LogP contribution < -0.4 is 4.74 Å². The van der Waals surface area contributed by atoms with Gasteiger partial charge in [-0.25, -0.2) is 0 Å². The Bertz CT molecular complexity index is 508. The van der Waals surface area contributed by atoms with Gasteiger partial charge in [0.25, 0.3) is 0 Å². The number of rotatable bonds is 4. The Morgan fingerprint density at radius 2 is 1.78 bits per heavy atom. The maximum absolute atomic E-state index is 9.94. The maximum atomic E-state index is 9.94. The van der Waals surface area contributed by atoms with Crippen molar-refractivity contribution in [2.45, 2.75) is 19.4 Å². The second kappa shape index (κ2) is 6.03. The van der Waals surface area contributed by atoms with E-state index >= 15 is 0 Å². The lowest BCUT2D eigenvalue weighted by Gasteiger charge is -2.14. The minimum atomic E-state index is -0.489. The Kier molecular flexibility index (Phi) is 4.39. The number of halogens is 1. The molecule has 1 N–H and O–H groups in total. The molecule has 1 atom stereocenters. The first kappa shape index (κ1) is 13.1. The number of hydrogen-bond acceptors (Lipinski definition) is 2. The Balaban J connectivity index is 2.26. The van der Waals surface area contributed by atoms with E-state index in [-0.39, 0.29) is 0 Å². The first-order chi connectivity index (χ1) is 8.70. The molecule has 0 amide bonds. The topological polar surface area (TPSA) is 29.5 Å². The summed E-state index contributed by atoms with van der Waals surface area (Å²) in [5.74, 6) is 1.46. The molecule has 0 aromatic heterocycles. The maximum Gasteiger partial charge on any atom is 0.133 e. The van der Waals surface area contributed by atoms with Crippen molar-refractivity contribution in [3.8, 4) is 11.5 Å². The quantitative estimate of drug-likeness (QED) is 0.888. The molecule has 0 saturated heterocycles. The van der Waals surface area contributed by atoms with Crippen molar-refractivity contribution in [2.75, 3.05) is 0 Å². The highest BCUT2D eigenvalue weighted by atomic mass is 79.9. The van der Waals surface area contributed by atoms with Gasteiger partial charge in [0.15, 0.2) is 0 Å². The minimum Gasteiger partial charge on any atom is -0.457 e. The Morgan fingerprint density at radius 3 is 2.44 bits per heavy atom. The summed E-state index contributed by atoms with van der Waals surface area (Å²) < 4.78 is 6.82. The molecule has 3 heteroatoms. The molecule has 0 aliphatic carbocycles. The summed E-state index contributed by atoms with van der Waals surface area (Å²) in [4.78, 5) is 0. The van der Waals surface area contributed by atoms with E-state index < -0.39 is 6.10 Å². The standard InChI is InChI=1S/C15H15BrO2/c1-2-14(17)13-5-3-4-6-15(13)18-12-9-7-11(16)8-10-12/h3-10,14,17H,2H2,1H3. The zero-order chi connectivity index (χ0) is 13.0. The highest BCUT2D eigenvalue weighted by Crippen LogP contribution is 2.31. The second-order valence-electron chi connectivity index (χ2n) is 4.02. The zero-order valence-corrected chi connectivity index (χ0v) is 11.7. The normalized spacial score (nSPS) is 12.2. The number of para-hydroxylation sites is 1. The molecular formula is C15H15BrO2. The summed E-state index contributed by atoms with van der Waals surface area (Å²) in [5.41, 5.74) is 0.822. The molecule has 0 heterocycles. The number of aliphatic hydroxyl groups excluding tert-OH is 1. The van der Waals surface area contributed by atoms with Crippen LogP contribution in [0.3, 0.4) is 0 Å². The predicted molar refractivity (Wildman–Crippen MR) is 75.9 cm³/mol. The number of benzene rings is 2. The van der Waals surface area contributed by atoms with Crippen LogP contribution >= 0.6 is 15.9 Å². The van der Waals surface area contributed by atoms with Crippen LogP contribution in [0.2, 0.25) is 0 Å². The van der Waals surface area contributed by atoms with Gasteiger partial charge in [0.1, 0.15) is 11.5 Å². The molecule has 0 saturated carbocycles. The van der Waals surface area contributed by atoms with Gasteiger partial charge < -0.3 is 9.84 Å². The monoisotopic (exact) mass is 306 g/mol. The molecule has 2 aromatic carbocycles. The van der Waals surface area contributed by atoms with Gasteiger partial charge in [-0.05, 0) is 36.8 Å². The minimum absolute atomic E-state index is 0.489. The number of aliphatic hydroxyl groups is 1. The van der Waals surface area contributed by atoms with Gasteiger partial charge in [0, 0.05) is 10.0 Å². The lowest BCUT2D eigenvalue weighted by molar-refractivity contribution is 0.170. The molecular weight excluding hydrogens is 292 g/mol. The highest BCUT2D eigenvalue weighted by molar-refractivity contribution is 9.10. The molecule has 2 nitrogen and oxygen atoms in total. The van der Waals surface area contributed by atoms with Gasteiger partial charge in [-0.2, -0.15) is 0 Å². The summed E-state index contributed by atoms with van der Waals surface area (Å²) >= 11 is 3.38. The first-order valence-corrected chi connectivity index (χ1v) is 6.70. The largest absolute Gasteiger partial charge is 0.457 e. The van der Waals surface area contributed by atoms with E-state index in [1.165, 1.54) is 0 Å². The molecule has 18 heavy (non-hydrogen) atoms. The molecule has 0 spiro atoms. The van der Waals surface area contributed by atoms with E-state index in [2.05, 4.69) is 15.9 Å². The predicted octanol–water partition coefficient (Wildman–Crippen LogP) is 4.68. The Hall–Kier alpha value is -1.32. The Labute approximate surface area is 115 Å². The number of hydrogen-bond donors (Lipinski definition) is 1. The second-order valence-corrected chi connectivity index (χ2v) is 4.93. The van der Waals surface area contributed by atoms with Crippen LogP contribution in [-0.4, -0.2) is 5.11 Å². The molecule has 0 aliphatic rings. The molecule has 0 radical (unpaired) electrons. The van der Waals surface area contributed by atoms with E-state index in [4.69, 9.17) is 4.74 Å². The average molecular weight is 307 g/mol. The van der Waals surface area contributed by atoms with Crippen LogP contribution in [0.25, 0.3) is 0 Å². The molecule has 1 unspecified atom stereocenters. The van der Waals surface area contributed by atoms with Gasteiger partial charge in [0.05, 0.1) is 6.10 Å². The van der Waals surface area contributed by atoms with E-state index in [0.717, 1.165) is 15.8 Å². The summed E-state index contributed by atoms with van der Waals surface area (Å²) in [6, 6.07) is 15.2. The van der Waals surface area contributed by atoms with Crippen LogP contribution in [-0.2, 0) is 0 Å². The zero-order valence-electron chi connectivity index (χ0n) is 10.1. The molecule has 0 aliphatic heterocycles. The number of ether oxygens (including phenoxy) is 1. The van der Waals surface area contributed by atoms with E-state index in [1.807, 2.05) is 55.5 Å². The smallest absolute Gasteiger partial charge is 0.133 e. The van der Waals surface area contributed by atoms with Crippen molar-refractivity contribution in [2.24, 2.45) is 0 Å². The third-order valence-electron chi connectivity index (χ3n) is 2.71. The average Bonchev–Trinajstić information content (AvgIpc) is 2.41. The van der Waals surface area contributed by atoms with Gasteiger partial charge in [-0.15, -0.1) is 0 Å². The Morgan fingerprint density at radius 1 is 1.11 bits per heavy atom. The van der Waals surface area contributed by atoms with Crippen LogP contribution in [0.15, 0.2) is 53.0 Å². The van der Waals surface area contributed by atoms with Crippen LogP contribution in [0, 0.1) is 0 Å². The fourth-order valence-electron chi connectivity index (χ4n) is 1.70. The molecule has 0 fully saturated rings. The third-order valence-corrected chi connectivity index (χ3v) is 3.23.